The van der Waals surface area contributed by atoms with E-state index in [-0.39, 0.29) is 30.2 Å². The van der Waals surface area contributed by atoms with E-state index in [2.05, 4.69) is 16.0 Å². The zero-order chi connectivity index (χ0) is 26.7. The molecule has 0 aliphatic carbocycles. The van der Waals surface area contributed by atoms with Crippen molar-refractivity contribution in [3.63, 3.8) is 0 Å². The number of rotatable bonds is 8. The highest BCUT2D eigenvalue weighted by Crippen LogP contribution is 2.31. The Balaban J connectivity index is 1.40. The van der Waals surface area contributed by atoms with Gasteiger partial charge in [0.2, 0.25) is 11.8 Å². The van der Waals surface area contributed by atoms with Gasteiger partial charge in [-0.2, -0.15) is 5.26 Å². The molecule has 2 aromatic rings. The van der Waals surface area contributed by atoms with Crippen molar-refractivity contribution in [2.45, 2.75) is 38.5 Å². The Labute approximate surface area is 215 Å². The fraction of sp³-hybridized carbons (Fsp3) is 0.500. The number of carbonyl (C=O) groups is 2. The van der Waals surface area contributed by atoms with Crippen LogP contribution in [0, 0.1) is 17.2 Å². The Bertz CT molecular complexity index is 1190. The minimum atomic E-state index is -1.48. The van der Waals surface area contributed by atoms with Crippen molar-refractivity contribution in [1.82, 2.24) is 14.9 Å². The van der Waals surface area contributed by atoms with Crippen molar-refractivity contribution in [2.24, 2.45) is 5.92 Å². The van der Waals surface area contributed by atoms with Gasteiger partial charge in [-0.3, -0.25) is 9.59 Å². The van der Waals surface area contributed by atoms with Crippen LogP contribution in [0.1, 0.15) is 32.3 Å². The molecule has 0 spiro atoms. The van der Waals surface area contributed by atoms with Crippen molar-refractivity contribution < 1.29 is 23.5 Å². The number of hydrogen-bond donors (Lipinski definition) is 0. The van der Waals surface area contributed by atoms with E-state index in [1.54, 1.807) is 48.3 Å². The number of nitrogens with zero attached hydrogens (tertiary/aromatic N) is 6. The van der Waals surface area contributed by atoms with Gasteiger partial charge in [-0.25, -0.2) is 14.4 Å². The van der Waals surface area contributed by atoms with E-state index in [0.717, 1.165) is 0 Å². The zero-order valence-corrected chi connectivity index (χ0v) is 21.5. The van der Waals surface area contributed by atoms with Gasteiger partial charge in [0.25, 0.3) is 5.91 Å². The first-order valence-electron chi connectivity index (χ1n) is 12.2. The molecule has 4 heterocycles. The third kappa shape index (κ3) is 6.07. The van der Waals surface area contributed by atoms with Crippen LogP contribution in [0.4, 0.5) is 15.9 Å². The Morgan fingerprint density at radius 2 is 2.03 bits per heavy atom. The summed E-state index contributed by atoms with van der Waals surface area (Å²) < 4.78 is 24.9. The average molecular weight is 511 g/mol. The number of aromatic nitrogens is 2. The molecule has 37 heavy (non-hydrogen) atoms. The molecule has 2 aliphatic rings. The summed E-state index contributed by atoms with van der Waals surface area (Å²) in [7, 11) is 3.45. The van der Waals surface area contributed by atoms with Crippen LogP contribution in [0.3, 0.4) is 0 Å². The van der Waals surface area contributed by atoms with Crippen LogP contribution < -0.4 is 19.3 Å². The molecule has 196 valence electrons. The molecule has 0 aromatic carbocycles. The van der Waals surface area contributed by atoms with E-state index >= 15 is 0 Å². The standard InChI is InChI=1S/C26H31FN6O4/c1-26(2,27)16-36-22-8-7-20(13-29-22)37-21-6-5-9-33(25(21)35)19-10-17(11-28)23(30-12-19)32-14-18(15-32)24(34)31(3)4/h7-8,10,12-13,18,21H,5-6,9,14-16H2,1-4H3/t21-/m1/s1. The van der Waals surface area contributed by atoms with E-state index in [1.807, 2.05) is 4.90 Å². The summed E-state index contributed by atoms with van der Waals surface area (Å²) in [4.78, 5) is 39.0. The molecule has 0 saturated carbocycles. The maximum atomic E-state index is 13.6. The van der Waals surface area contributed by atoms with Crippen molar-refractivity contribution in [1.29, 1.82) is 5.26 Å². The molecule has 2 aromatic heterocycles. The molecule has 0 N–H and O–H groups in total. The molecular weight excluding hydrogens is 479 g/mol. The molecule has 2 saturated heterocycles. The fourth-order valence-electron chi connectivity index (χ4n) is 4.24. The summed E-state index contributed by atoms with van der Waals surface area (Å²) in [6.07, 6.45) is 3.55. The summed E-state index contributed by atoms with van der Waals surface area (Å²) in [5.41, 5.74) is -0.605. The molecule has 2 amide bonds. The van der Waals surface area contributed by atoms with E-state index < -0.39 is 11.8 Å². The van der Waals surface area contributed by atoms with Gasteiger partial charge in [-0.1, -0.05) is 0 Å². The number of halogens is 1. The summed E-state index contributed by atoms with van der Waals surface area (Å²) in [5, 5.41) is 9.73. The Morgan fingerprint density at radius 1 is 1.27 bits per heavy atom. The highest BCUT2D eigenvalue weighted by atomic mass is 19.1. The van der Waals surface area contributed by atoms with Gasteiger partial charge in [0.15, 0.2) is 6.10 Å². The maximum Gasteiger partial charge on any atom is 0.268 e. The number of amides is 2. The monoisotopic (exact) mass is 510 g/mol. The largest absolute Gasteiger partial charge is 0.479 e. The minimum Gasteiger partial charge on any atom is -0.479 e. The van der Waals surface area contributed by atoms with Gasteiger partial charge in [0, 0.05) is 39.8 Å². The second kappa shape index (κ2) is 10.6. The highest BCUT2D eigenvalue weighted by molar-refractivity contribution is 5.97. The number of hydrogen-bond acceptors (Lipinski definition) is 8. The predicted octanol–water partition coefficient (Wildman–Crippen LogP) is 2.57. The number of carbonyl (C=O) groups excluding carboxylic acids is 2. The summed E-state index contributed by atoms with van der Waals surface area (Å²) in [5.74, 6) is 0.885. The second-order valence-corrected chi connectivity index (χ2v) is 10.1. The summed E-state index contributed by atoms with van der Waals surface area (Å²) in [6.45, 7) is 4.20. The van der Waals surface area contributed by atoms with Crippen molar-refractivity contribution >= 4 is 23.3 Å². The molecule has 0 unspecified atom stereocenters. The van der Waals surface area contributed by atoms with E-state index in [4.69, 9.17) is 9.47 Å². The molecule has 2 fully saturated rings. The van der Waals surface area contributed by atoms with Crippen LogP contribution in [0.5, 0.6) is 11.6 Å². The zero-order valence-electron chi connectivity index (χ0n) is 21.5. The van der Waals surface area contributed by atoms with Crippen LogP contribution in [0.25, 0.3) is 0 Å². The number of anilines is 2. The number of pyridine rings is 2. The van der Waals surface area contributed by atoms with Crippen LogP contribution in [-0.2, 0) is 9.59 Å². The number of alkyl halides is 1. The van der Waals surface area contributed by atoms with Gasteiger partial charge in [0.05, 0.1) is 29.6 Å². The lowest BCUT2D eigenvalue weighted by atomic mass is 9.98. The Morgan fingerprint density at radius 3 is 2.65 bits per heavy atom. The molecule has 0 bridgehead atoms. The quantitative estimate of drug-likeness (QED) is 0.533. The molecular formula is C26H31FN6O4. The third-order valence-electron chi connectivity index (χ3n) is 6.20. The van der Waals surface area contributed by atoms with Gasteiger partial charge < -0.3 is 24.2 Å². The summed E-state index contributed by atoms with van der Waals surface area (Å²) in [6, 6.07) is 7.03. The first-order valence-corrected chi connectivity index (χ1v) is 12.2. The summed E-state index contributed by atoms with van der Waals surface area (Å²) >= 11 is 0. The van der Waals surface area contributed by atoms with Gasteiger partial charge >= 0.3 is 0 Å². The lowest BCUT2D eigenvalue weighted by Crippen LogP contribution is -2.54. The van der Waals surface area contributed by atoms with Crippen LogP contribution >= 0.6 is 0 Å². The topological polar surface area (TPSA) is 112 Å². The SMILES string of the molecule is CN(C)C(=O)C1CN(c2ncc(N3CCC[C@@H](Oc4ccc(OCC(C)(C)F)nc4)C3=O)cc2C#N)C1. The van der Waals surface area contributed by atoms with Crippen molar-refractivity contribution in [2.75, 3.05) is 50.1 Å². The molecule has 11 heteroatoms. The fourth-order valence-corrected chi connectivity index (χ4v) is 4.24. The number of nitriles is 1. The molecule has 0 radical (unpaired) electrons. The van der Waals surface area contributed by atoms with Crippen LogP contribution in [0.15, 0.2) is 30.6 Å². The van der Waals surface area contributed by atoms with E-state index in [0.29, 0.717) is 55.3 Å². The second-order valence-electron chi connectivity index (χ2n) is 10.1. The highest BCUT2D eigenvalue weighted by Gasteiger charge is 2.36. The van der Waals surface area contributed by atoms with Gasteiger partial charge in [0.1, 0.15) is 29.9 Å². The van der Waals surface area contributed by atoms with E-state index in [9.17, 15) is 19.2 Å². The average Bonchev–Trinajstić information content (AvgIpc) is 2.83. The third-order valence-corrected chi connectivity index (χ3v) is 6.20. The first-order chi connectivity index (χ1) is 17.6. The van der Waals surface area contributed by atoms with Gasteiger partial charge in [-0.15, -0.1) is 0 Å². The molecule has 4 rings (SSSR count). The lowest BCUT2D eigenvalue weighted by Gasteiger charge is -2.40. The molecule has 1 atom stereocenters. The molecule has 2 aliphatic heterocycles. The Kier molecular flexibility index (Phi) is 7.47. The minimum absolute atomic E-state index is 0.0532. The Hall–Kier alpha value is -3.94. The smallest absolute Gasteiger partial charge is 0.268 e. The van der Waals surface area contributed by atoms with Crippen molar-refractivity contribution in [3.05, 3.63) is 36.2 Å². The van der Waals surface area contributed by atoms with Crippen molar-refractivity contribution in [3.8, 4) is 17.7 Å². The maximum absolute atomic E-state index is 13.6. The predicted molar refractivity (Wildman–Crippen MR) is 134 cm³/mol. The van der Waals surface area contributed by atoms with Gasteiger partial charge in [-0.05, 0) is 38.8 Å². The number of ether oxygens (including phenoxy) is 2. The number of piperidine rings is 1. The molecule has 10 nitrogen and oxygen atoms in total. The van der Waals surface area contributed by atoms with Crippen LogP contribution in [-0.4, -0.2) is 78.8 Å². The van der Waals surface area contributed by atoms with E-state index in [1.165, 1.54) is 20.0 Å². The lowest BCUT2D eigenvalue weighted by molar-refractivity contribution is -0.133. The van der Waals surface area contributed by atoms with Crippen LogP contribution in [0.2, 0.25) is 0 Å². The normalized spacial score (nSPS) is 18.2. The first kappa shape index (κ1) is 26.1.